The van der Waals surface area contributed by atoms with E-state index < -0.39 is 5.97 Å². The van der Waals surface area contributed by atoms with E-state index in [1.54, 1.807) is 31.0 Å². The zero-order chi connectivity index (χ0) is 21.8. The number of aromatic carboxylic acids is 1. The number of nitrogens with zero attached hydrogens (tertiary/aromatic N) is 3. The number of hydrogen-bond donors (Lipinski definition) is 1. The van der Waals surface area contributed by atoms with Crippen LogP contribution in [0.1, 0.15) is 21.5 Å². The van der Waals surface area contributed by atoms with Crippen molar-refractivity contribution in [2.24, 2.45) is 0 Å². The largest absolute Gasteiger partial charge is 0.497 e. The molecule has 0 aliphatic heterocycles. The quantitative estimate of drug-likeness (QED) is 0.403. The van der Waals surface area contributed by atoms with E-state index in [9.17, 15) is 4.79 Å². The monoisotopic (exact) mass is 431 g/mol. The van der Waals surface area contributed by atoms with Crippen molar-refractivity contribution < 1.29 is 14.6 Å². The van der Waals surface area contributed by atoms with Gasteiger partial charge < -0.3 is 9.84 Å². The lowest BCUT2D eigenvalue weighted by Gasteiger charge is -2.11. The fourth-order valence-electron chi connectivity index (χ4n) is 3.11. The van der Waals surface area contributed by atoms with Crippen molar-refractivity contribution in [2.45, 2.75) is 17.8 Å². The molecular formula is C24H21N3O3S. The molecule has 0 bridgehead atoms. The molecule has 0 radical (unpaired) electrons. The van der Waals surface area contributed by atoms with Gasteiger partial charge in [0.05, 0.1) is 12.7 Å². The van der Waals surface area contributed by atoms with E-state index >= 15 is 0 Å². The maximum Gasteiger partial charge on any atom is 0.335 e. The molecule has 0 unspecified atom stereocenters. The highest BCUT2D eigenvalue weighted by molar-refractivity contribution is 7.98. The van der Waals surface area contributed by atoms with E-state index in [1.807, 2.05) is 53.1 Å². The number of carboxylic acid groups (broad SMARTS) is 1. The summed E-state index contributed by atoms with van der Waals surface area (Å²) in [5.41, 5.74) is 4.38. The summed E-state index contributed by atoms with van der Waals surface area (Å²) in [5.74, 6) is 1.25. The Hall–Kier alpha value is -3.58. The number of benzene rings is 3. The predicted octanol–water partition coefficient (Wildman–Crippen LogP) is 5.24. The van der Waals surface area contributed by atoms with E-state index in [-0.39, 0.29) is 5.56 Å². The van der Waals surface area contributed by atoms with Gasteiger partial charge in [-0.3, -0.25) is 4.57 Å². The van der Waals surface area contributed by atoms with Gasteiger partial charge in [-0.05, 0) is 48.9 Å². The number of carbonyl (C=O) groups is 1. The van der Waals surface area contributed by atoms with Crippen LogP contribution in [0.2, 0.25) is 0 Å². The third-order valence-electron chi connectivity index (χ3n) is 4.84. The molecule has 1 aromatic heterocycles. The number of carboxylic acids is 1. The first-order valence-corrected chi connectivity index (χ1v) is 10.7. The summed E-state index contributed by atoms with van der Waals surface area (Å²) < 4.78 is 7.32. The lowest BCUT2D eigenvalue weighted by Crippen LogP contribution is -2.00. The molecule has 0 saturated carbocycles. The number of rotatable bonds is 7. The van der Waals surface area contributed by atoms with Gasteiger partial charge >= 0.3 is 5.97 Å². The van der Waals surface area contributed by atoms with Crippen LogP contribution >= 0.6 is 11.8 Å². The Bertz CT molecular complexity index is 1180. The van der Waals surface area contributed by atoms with Gasteiger partial charge in [0.2, 0.25) is 0 Å². The fourth-order valence-corrected chi connectivity index (χ4v) is 4.02. The minimum absolute atomic E-state index is 0.275. The van der Waals surface area contributed by atoms with Crippen molar-refractivity contribution in [3.05, 3.63) is 89.5 Å². The van der Waals surface area contributed by atoms with Gasteiger partial charge in [-0.2, -0.15) is 0 Å². The van der Waals surface area contributed by atoms with Crippen LogP contribution in [0, 0.1) is 6.92 Å². The standard InChI is InChI=1S/C24H21N3O3S/c1-16-3-7-18(8-4-16)22-25-26-24(27(22)20-11-13-21(30-2)14-12-20)31-15-17-5-9-19(10-6-17)23(28)29/h3-14H,15H2,1-2H3,(H,28,29). The molecule has 1 heterocycles. The minimum atomic E-state index is -0.929. The third kappa shape index (κ3) is 4.62. The van der Waals surface area contributed by atoms with Crippen LogP contribution in [-0.2, 0) is 5.75 Å². The molecule has 0 fully saturated rings. The molecule has 156 valence electrons. The summed E-state index contributed by atoms with van der Waals surface area (Å²) in [7, 11) is 1.64. The normalized spacial score (nSPS) is 10.8. The lowest BCUT2D eigenvalue weighted by atomic mass is 10.1. The molecule has 0 spiro atoms. The molecule has 0 atom stereocenters. The average molecular weight is 432 g/mol. The predicted molar refractivity (Wildman–Crippen MR) is 121 cm³/mol. The zero-order valence-corrected chi connectivity index (χ0v) is 18.0. The molecule has 31 heavy (non-hydrogen) atoms. The van der Waals surface area contributed by atoms with E-state index in [0.29, 0.717) is 5.75 Å². The van der Waals surface area contributed by atoms with Crippen molar-refractivity contribution in [2.75, 3.05) is 7.11 Å². The SMILES string of the molecule is COc1ccc(-n2c(SCc3ccc(C(=O)O)cc3)nnc2-c2ccc(C)cc2)cc1. The van der Waals surface area contributed by atoms with Gasteiger partial charge in [-0.15, -0.1) is 10.2 Å². The Morgan fingerprint density at radius 2 is 1.65 bits per heavy atom. The average Bonchev–Trinajstić information content (AvgIpc) is 3.22. The van der Waals surface area contributed by atoms with Gasteiger partial charge in [0.25, 0.3) is 0 Å². The van der Waals surface area contributed by atoms with Gasteiger partial charge in [-0.1, -0.05) is 53.7 Å². The molecule has 4 aromatic rings. The van der Waals surface area contributed by atoms with Crippen LogP contribution in [0.5, 0.6) is 5.75 Å². The van der Waals surface area contributed by atoms with Gasteiger partial charge in [0.15, 0.2) is 11.0 Å². The summed E-state index contributed by atoms with van der Waals surface area (Å²) in [6.07, 6.45) is 0. The van der Waals surface area contributed by atoms with Crippen molar-refractivity contribution in [3.8, 4) is 22.8 Å². The zero-order valence-electron chi connectivity index (χ0n) is 17.1. The first-order valence-electron chi connectivity index (χ1n) is 9.67. The van der Waals surface area contributed by atoms with E-state index in [2.05, 4.69) is 29.3 Å². The van der Waals surface area contributed by atoms with Crippen LogP contribution in [0.15, 0.2) is 78.0 Å². The van der Waals surface area contributed by atoms with E-state index in [1.165, 1.54) is 5.56 Å². The number of thioether (sulfide) groups is 1. The summed E-state index contributed by atoms with van der Waals surface area (Å²) in [5, 5.41) is 18.7. The maximum atomic E-state index is 11.1. The summed E-state index contributed by atoms with van der Waals surface area (Å²) in [6, 6.07) is 22.8. The first-order chi connectivity index (χ1) is 15.0. The van der Waals surface area contributed by atoms with Crippen LogP contribution in [0.4, 0.5) is 0 Å². The molecule has 0 aliphatic rings. The Balaban J connectivity index is 1.67. The number of methoxy groups -OCH3 is 1. The highest BCUT2D eigenvalue weighted by Crippen LogP contribution is 2.30. The maximum absolute atomic E-state index is 11.1. The fraction of sp³-hybridized carbons (Fsp3) is 0.125. The second kappa shape index (κ2) is 9.06. The molecule has 7 heteroatoms. The van der Waals surface area contributed by atoms with Crippen LogP contribution in [0.3, 0.4) is 0 Å². The number of ether oxygens (including phenoxy) is 1. The highest BCUT2D eigenvalue weighted by Gasteiger charge is 2.16. The van der Waals surface area contributed by atoms with Crippen molar-refractivity contribution in [1.29, 1.82) is 0 Å². The lowest BCUT2D eigenvalue weighted by molar-refractivity contribution is 0.0697. The van der Waals surface area contributed by atoms with Gasteiger partial charge in [0.1, 0.15) is 5.75 Å². The van der Waals surface area contributed by atoms with E-state index in [0.717, 1.165) is 33.5 Å². The Labute approximate surface area is 184 Å². The molecule has 0 aliphatic carbocycles. The second-order valence-electron chi connectivity index (χ2n) is 7.00. The summed E-state index contributed by atoms with van der Waals surface area (Å²) in [6.45, 7) is 2.05. The second-order valence-corrected chi connectivity index (χ2v) is 7.94. The topological polar surface area (TPSA) is 77.2 Å². The van der Waals surface area contributed by atoms with Crippen molar-refractivity contribution >= 4 is 17.7 Å². The highest BCUT2D eigenvalue weighted by atomic mass is 32.2. The smallest absolute Gasteiger partial charge is 0.335 e. The molecule has 6 nitrogen and oxygen atoms in total. The number of aryl methyl sites for hydroxylation is 1. The first kappa shape index (κ1) is 20.7. The minimum Gasteiger partial charge on any atom is -0.497 e. The van der Waals surface area contributed by atoms with Gasteiger partial charge in [0, 0.05) is 17.0 Å². The molecule has 3 aromatic carbocycles. The number of aromatic nitrogens is 3. The van der Waals surface area contributed by atoms with Crippen LogP contribution in [-0.4, -0.2) is 33.0 Å². The molecule has 4 rings (SSSR count). The molecular weight excluding hydrogens is 410 g/mol. The Morgan fingerprint density at radius 3 is 2.26 bits per heavy atom. The Kier molecular flexibility index (Phi) is 6.04. The van der Waals surface area contributed by atoms with E-state index in [4.69, 9.17) is 9.84 Å². The molecule has 1 N–H and O–H groups in total. The number of hydrogen-bond acceptors (Lipinski definition) is 5. The van der Waals surface area contributed by atoms with Crippen LogP contribution < -0.4 is 4.74 Å². The summed E-state index contributed by atoms with van der Waals surface area (Å²) >= 11 is 1.55. The Morgan fingerprint density at radius 1 is 0.968 bits per heavy atom. The molecule has 0 saturated heterocycles. The molecule has 0 amide bonds. The third-order valence-corrected chi connectivity index (χ3v) is 5.84. The van der Waals surface area contributed by atoms with Crippen LogP contribution in [0.25, 0.3) is 17.1 Å². The van der Waals surface area contributed by atoms with Gasteiger partial charge in [-0.25, -0.2) is 4.79 Å². The van der Waals surface area contributed by atoms with Crippen molar-refractivity contribution in [3.63, 3.8) is 0 Å². The van der Waals surface area contributed by atoms with Crippen molar-refractivity contribution in [1.82, 2.24) is 14.8 Å². The summed E-state index contributed by atoms with van der Waals surface area (Å²) in [4.78, 5) is 11.1.